The lowest BCUT2D eigenvalue weighted by Crippen LogP contribution is -2.61. The van der Waals surface area contributed by atoms with Gasteiger partial charge in [0.1, 0.15) is 0 Å². The Morgan fingerprint density at radius 1 is 0.372 bits per heavy atom. The van der Waals surface area contributed by atoms with Gasteiger partial charge in [-0.3, -0.25) is 0 Å². The summed E-state index contributed by atoms with van der Waals surface area (Å²) in [7, 11) is 0. The summed E-state index contributed by atoms with van der Waals surface area (Å²) in [6.07, 6.45) is 0. The zero-order valence-electron chi connectivity index (χ0n) is 79.8. The number of rotatable bonds is 5. The number of hydrogen-bond donors (Lipinski definition) is 0. The Morgan fingerprint density at radius 3 is 1.64 bits per heavy atom. The lowest BCUT2D eigenvalue weighted by atomic mass is 9.33. The standard InChI is InChI=1S/C72H56BN5/c1-71(2,3)47-32-37-61-56(40-47)57-41-48(72(4,5)6)33-38-62(57)75(61)52-35-36-58-65(42-52)76(51-34-31-45-19-13-14-20-46(45)39-51)66-43-53(74(49-21-9-7-10-22-49)50-23-11-8-12-24-50)44-67-68(66)73(58)59-27-18-30-64-70(59)78(67)63-29-17-26-55-54-25-15-16-28-60(54)77(64)69(55)63/h7-44H,1-6H3/i7D,8D,9D,10D,11D,12D,13D,14D,15D,16D,17D,18D,19D,20D,21D,22D,23D,24D,25D,26D,27D,28D,29D,30D,31D,32D,33D,34D,35D,36D,37D,38D,39D,40D,41D,42D,43D,44D. The Hall–Kier alpha value is -9.26. The largest absolute Gasteiger partial charge is 0.311 e. The van der Waals surface area contributed by atoms with E-state index in [0.29, 0.717) is 9.80 Å². The van der Waals surface area contributed by atoms with E-state index in [1.54, 1.807) is 41.5 Å². The van der Waals surface area contributed by atoms with Crippen molar-refractivity contribution in [2.75, 3.05) is 14.7 Å². The van der Waals surface area contributed by atoms with Crippen LogP contribution in [0.15, 0.2) is 230 Å². The van der Waals surface area contributed by atoms with Gasteiger partial charge in [-0.25, -0.2) is 0 Å². The van der Waals surface area contributed by atoms with Crippen molar-refractivity contribution >= 4 is 129 Å². The highest BCUT2D eigenvalue weighted by Gasteiger charge is 2.47. The van der Waals surface area contributed by atoms with Crippen molar-refractivity contribution in [3.05, 3.63) is 241 Å². The predicted molar refractivity (Wildman–Crippen MR) is 332 cm³/mol. The van der Waals surface area contributed by atoms with Gasteiger partial charge in [0, 0.05) is 61.4 Å². The molecule has 5 nitrogen and oxygen atoms in total. The fourth-order valence-corrected chi connectivity index (χ4v) is 10.7. The van der Waals surface area contributed by atoms with Crippen LogP contribution in [0.1, 0.15) is 105 Å². The lowest BCUT2D eigenvalue weighted by molar-refractivity contribution is 0.590. The third-order valence-corrected chi connectivity index (χ3v) is 14.2. The summed E-state index contributed by atoms with van der Waals surface area (Å²) in [6.45, 7) is 7.39. The van der Waals surface area contributed by atoms with Crippen LogP contribution >= 0.6 is 0 Å². The number of hydrogen-bond acceptors (Lipinski definition) is 3. The summed E-state index contributed by atoms with van der Waals surface area (Å²) < 4.78 is 375. The monoisotopic (exact) mass is 1040 g/mol. The van der Waals surface area contributed by atoms with E-state index >= 15 is 0 Å². The minimum absolute atomic E-state index is 0.0866. The van der Waals surface area contributed by atoms with Crippen LogP contribution in [-0.2, 0) is 10.8 Å². The third-order valence-electron chi connectivity index (χ3n) is 14.2. The van der Waals surface area contributed by atoms with E-state index in [0.717, 1.165) is 14.0 Å². The molecule has 16 rings (SSSR count). The molecule has 11 aromatic carbocycles. The summed E-state index contributed by atoms with van der Waals surface area (Å²) in [5, 5.41) is -3.50. The molecule has 0 fully saturated rings. The molecular formula is C72H56BN5. The van der Waals surface area contributed by atoms with Gasteiger partial charge >= 0.3 is 0 Å². The molecule has 0 amide bonds. The van der Waals surface area contributed by atoms with Crippen molar-refractivity contribution in [1.82, 2.24) is 9.13 Å². The molecule has 13 aromatic rings. The normalized spacial score (nSPS) is 20.3. The van der Waals surface area contributed by atoms with Crippen LogP contribution in [0.25, 0.3) is 65.8 Å². The molecule has 3 aliphatic rings. The zero-order chi connectivity index (χ0) is 85.4. The molecule has 6 heteroatoms. The summed E-state index contributed by atoms with van der Waals surface area (Å²) in [4.78, 5) is 1.79. The van der Waals surface area contributed by atoms with Gasteiger partial charge in [-0.15, -0.1) is 0 Å². The molecule has 0 radical (unpaired) electrons. The molecule has 0 saturated heterocycles. The van der Waals surface area contributed by atoms with Crippen LogP contribution in [0.4, 0.5) is 51.2 Å². The quantitative estimate of drug-likeness (QED) is 0.160. The topological polar surface area (TPSA) is 19.6 Å². The number of aromatic nitrogens is 2. The predicted octanol–water partition coefficient (Wildman–Crippen LogP) is 17.5. The van der Waals surface area contributed by atoms with E-state index in [1.165, 1.54) is 0 Å². The van der Waals surface area contributed by atoms with E-state index in [-0.39, 0.29) is 21.9 Å². The molecule has 0 aliphatic carbocycles. The fourth-order valence-electron chi connectivity index (χ4n) is 10.7. The molecule has 0 bridgehead atoms. The first kappa shape index (κ1) is 21.3. The van der Waals surface area contributed by atoms with Crippen LogP contribution in [0.3, 0.4) is 0 Å². The number of nitrogens with zero attached hydrogens (tertiary/aromatic N) is 5. The Kier molecular flexibility index (Phi) is 4.40. The van der Waals surface area contributed by atoms with Crippen LogP contribution in [0.2, 0.25) is 0 Å². The summed E-state index contributed by atoms with van der Waals surface area (Å²) >= 11 is 0. The molecule has 78 heavy (non-hydrogen) atoms. The number of fused-ring (bicyclic) bond motifs is 13. The second-order valence-electron chi connectivity index (χ2n) is 20.8. The minimum atomic E-state index is -2.38. The van der Waals surface area contributed by atoms with Crippen molar-refractivity contribution in [3.8, 4) is 11.4 Å². The van der Waals surface area contributed by atoms with E-state index in [2.05, 4.69) is 0 Å². The van der Waals surface area contributed by atoms with Gasteiger partial charge in [0.2, 0.25) is 0 Å². The first-order chi connectivity index (χ1) is 53.8. The minimum Gasteiger partial charge on any atom is -0.311 e. The molecule has 0 unspecified atom stereocenters. The third kappa shape index (κ3) is 6.37. The maximum absolute atomic E-state index is 11.3. The summed E-state index contributed by atoms with van der Waals surface area (Å²) in [6, 6.07) is -39.9. The molecule has 0 N–H and O–H groups in total. The Labute approximate surface area is 508 Å². The van der Waals surface area contributed by atoms with Gasteiger partial charge < -0.3 is 23.8 Å². The zero-order valence-corrected chi connectivity index (χ0v) is 41.8. The van der Waals surface area contributed by atoms with Gasteiger partial charge in [-0.05, 0) is 152 Å². The van der Waals surface area contributed by atoms with Crippen LogP contribution < -0.4 is 31.1 Å². The van der Waals surface area contributed by atoms with E-state index in [9.17, 15) is 43.9 Å². The highest BCUT2D eigenvalue weighted by Crippen LogP contribution is 2.54. The van der Waals surface area contributed by atoms with Crippen molar-refractivity contribution in [2.45, 2.75) is 52.4 Å². The highest BCUT2D eigenvalue weighted by atomic mass is 15.2. The van der Waals surface area contributed by atoms with E-state index in [1.807, 2.05) is 0 Å². The number of benzene rings is 11. The second kappa shape index (κ2) is 16.1. The van der Waals surface area contributed by atoms with Crippen molar-refractivity contribution in [1.29, 1.82) is 0 Å². The Bertz CT molecular complexity index is 6780. The SMILES string of the molecule is [2H]c1c([2H])c([2H])c(N(c2c([2H])c([2H])c([2H])c([2H])c2[2H])c2c([2H])c3c4c(c2[2H])N2c5c(c([2H])c([2H])c([2H])c5-n5c6c([2H])c([2H])c([2H])c([2H])c6c6c([2H])c([2H])c([2H])c2c65)B4c2c([2H])c([2H])c(-n4c5c([2H])c([2H])c(C(C)(C)C)c([2H])c5c5c([2H])c(C(C)(C)C)c([2H])c([2H])c54)c([2H])c2N3c2c([2H])c([2H])c3c([2H])c([2H])c([2H])c([2H])c3c2[2H])c([2H])c1[2H]. The molecule has 0 saturated carbocycles. The van der Waals surface area contributed by atoms with Gasteiger partial charge in [-0.1, -0.05) is 168 Å². The first-order valence-corrected chi connectivity index (χ1v) is 24.5. The Morgan fingerprint density at radius 2 is 0.949 bits per heavy atom. The number of para-hydroxylation sites is 5. The van der Waals surface area contributed by atoms with E-state index in [4.69, 9.17) is 8.22 Å². The first-order valence-electron chi connectivity index (χ1n) is 43.5. The lowest BCUT2D eigenvalue weighted by Gasteiger charge is -2.46. The average Bonchev–Trinajstić information content (AvgIpc) is 1.25. The van der Waals surface area contributed by atoms with Crippen LogP contribution in [-0.4, -0.2) is 15.8 Å². The molecule has 5 heterocycles. The molecular weight excluding hydrogens is 946 g/mol. The smallest absolute Gasteiger partial charge is 0.252 e. The Balaban J connectivity index is 1.26. The molecule has 372 valence electrons. The van der Waals surface area contributed by atoms with Gasteiger partial charge in [-0.2, -0.15) is 0 Å². The van der Waals surface area contributed by atoms with Crippen molar-refractivity contribution in [3.63, 3.8) is 0 Å². The maximum Gasteiger partial charge on any atom is 0.252 e. The molecule has 0 atom stereocenters. The summed E-state index contributed by atoms with van der Waals surface area (Å²) in [5.41, 5.74) is -18.4. The van der Waals surface area contributed by atoms with Crippen LogP contribution in [0, 0.1) is 0 Å². The maximum atomic E-state index is 11.3. The van der Waals surface area contributed by atoms with Crippen molar-refractivity contribution in [2.24, 2.45) is 0 Å². The van der Waals surface area contributed by atoms with E-state index < -0.39 is 370 Å². The van der Waals surface area contributed by atoms with Crippen LogP contribution in [0.5, 0.6) is 0 Å². The second-order valence-corrected chi connectivity index (χ2v) is 20.8. The van der Waals surface area contributed by atoms with Gasteiger partial charge in [0.05, 0.1) is 96.9 Å². The van der Waals surface area contributed by atoms with Crippen molar-refractivity contribution < 1.29 is 52.1 Å². The average molecular weight is 1040 g/mol. The van der Waals surface area contributed by atoms with Gasteiger partial charge in [0.15, 0.2) is 0 Å². The number of anilines is 9. The molecule has 2 aromatic heterocycles. The molecule has 0 spiro atoms. The fraction of sp³-hybridized carbons (Fsp3) is 0.111. The van der Waals surface area contributed by atoms with Gasteiger partial charge in [0.25, 0.3) is 6.71 Å². The summed E-state index contributed by atoms with van der Waals surface area (Å²) in [5.74, 6) is 0. The molecule has 3 aliphatic heterocycles. The highest BCUT2D eigenvalue weighted by molar-refractivity contribution is 7.00.